The summed E-state index contributed by atoms with van der Waals surface area (Å²) in [6, 6.07) is 7.74. The third kappa shape index (κ3) is 4.13. The Morgan fingerprint density at radius 3 is 2.44 bits per heavy atom. The predicted molar refractivity (Wildman–Crippen MR) is 106 cm³/mol. The average molecular weight is 372 g/mol. The number of para-hydroxylation sites is 2. The number of likely N-dealkylation sites (tertiary alicyclic amines) is 1. The first-order chi connectivity index (χ1) is 13.0. The van der Waals surface area contributed by atoms with Crippen LogP contribution in [-0.4, -0.2) is 45.6 Å². The second kappa shape index (κ2) is 8.52. The van der Waals surface area contributed by atoms with Gasteiger partial charge in [-0.3, -0.25) is 23.9 Å². The molecule has 0 bridgehead atoms. The van der Waals surface area contributed by atoms with E-state index in [4.69, 9.17) is 0 Å². The molecule has 2 aromatic rings. The predicted octanol–water partition coefficient (Wildman–Crippen LogP) is 1.17. The zero-order valence-electron chi connectivity index (χ0n) is 16.1. The quantitative estimate of drug-likeness (QED) is 0.773. The first-order valence-electron chi connectivity index (χ1n) is 9.76. The number of aromatic nitrogens is 2. The van der Waals surface area contributed by atoms with Crippen molar-refractivity contribution in [2.24, 2.45) is 0 Å². The minimum absolute atomic E-state index is 0.144. The van der Waals surface area contributed by atoms with Gasteiger partial charge >= 0.3 is 11.1 Å². The van der Waals surface area contributed by atoms with Gasteiger partial charge in [-0.25, -0.2) is 0 Å². The Labute approximate surface area is 158 Å². The number of rotatable bonds is 6. The standard InChI is InChI=1S/C20H28N4O3/c1-3-23-16-9-4-5-10-17(16)24(20(27)19(23)26)14-18(25)21-11-13-22-12-7-6-8-15(22)2/h4-5,9-10,15H,3,6-8,11-14H2,1-2H3,(H,21,25)/t15-/m1/s1. The van der Waals surface area contributed by atoms with E-state index >= 15 is 0 Å². The van der Waals surface area contributed by atoms with Crippen molar-refractivity contribution in [1.29, 1.82) is 0 Å². The molecule has 0 aliphatic carbocycles. The van der Waals surface area contributed by atoms with Gasteiger partial charge in [0.05, 0.1) is 11.0 Å². The minimum atomic E-state index is -0.657. The molecular weight excluding hydrogens is 344 g/mol. The van der Waals surface area contributed by atoms with Gasteiger partial charge in [0.1, 0.15) is 6.54 Å². The Morgan fingerprint density at radius 1 is 1.11 bits per heavy atom. The maximum Gasteiger partial charge on any atom is 0.317 e. The van der Waals surface area contributed by atoms with E-state index in [-0.39, 0.29) is 12.5 Å². The molecular formula is C20H28N4O3. The first kappa shape index (κ1) is 19.4. The lowest BCUT2D eigenvalue weighted by Gasteiger charge is -2.33. The molecule has 1 aliphatic rings. The van der Waals surface area contributed by atoms with Gasteiger partial charge in [-0.15, -0.1) is 0 Å². The summed E-state index contributed by atoms with van der Waals surface area (Å²) in [5.41, 5.74) is 0.0183. The normalized spacial score (nSPS) is 17.9. The summed E-state index contributed by atoms with van der Waals surface area (Å²) in [6.07, 6.45) is 3.67. The van der Waals surface area contributed by atoms with Crippen molar-refractivity contribution in [3.05, 3.63) is 45.0 Å². The molecule has 3 rings (SSSR count). The molecule has 1 aliphatic heterocycles. The third-order valence-electron chi connectivity index (χ3n) is 5.42. The van der Waals surface area contributed by atoms with Crippen LogP contribution >= 0.6 is 0 Å². The van der Waals surface area contributed by atoms with E-state index in [0.717, 1.165) is 13.1 Å². The number of carbonyl (C=O) groups excluding carboxylic acids is 1. The molecule has 7 heteroatoms. The molecule has 146 valence electrons. The number of hydrogen-bond acceptors (Lipinski definition) is 4. The lowest BCUT2D eigenvalue weighted by molar-refractivity contribution is -0.121. The number of carbonyl (C=O) groups is 1. The van der Waals surface area contributed by atoms with Crippen LogP contribution in [0.2, 0.25) is 0 Å². The van der Waals surface area contributed by atoms with Gasteiger partial charge in [0.25, 0.3) is 0 Å². The SMILES string of the molecule is CCn1c(=O)c(=O)n(CC(=O)NCCN2CCCC[C@H]2C)c2ccccc21. The van der Waals surface area contributed by atoms with Crippen molar-refractivity contribution < 1.29 is 4.79 Å². The Kier molecular flexibility index (Phi) is 6.11. The monoisotopic (exact) mass is 372 g/mol. The molecule has 27 heavy (non-hydrogen) atoms. The average Bonchev–Trinajstić information content (AvgIpc) is 2.67. The Bertz CT molecular complexity index is 931. The number of amides is 1. The smallest absolute Gasteiger partial charge is 0.317 e. The highest BCUT2D eigenvalue weighted by atomic mass is 16.2. The fraction of sp³-hybridized carbons (Fsp3) is 0.550. The highest BCUT2D eigenvalue weighted by molar-refractivity contribution is 5.80. The number of benzene rings is 1. The van der Waals surface area contributed by atoms with Crippen LogP contribution in [0.1, 0.15) is 33.1 Å². The molecule has 0 spiro atoms. The lowest BCUT2D eigenvalue weighted by atomic mass is 10.0. The number of nitrogens with zero attached hydrogens (tertiary/aromatic N) is 3. The Morgan fingerprint density at radius 2 is 1.78 bits per heavy atom. The van der Waals surface area contributed by atoms with Crippen molar-refractivity contribution in [1.82, 2.24) is 19.4 Å². The molecule has 2 heterocycles. The topological polar surface area (TPSA) is 76.3 Å². The molecule has 1 aromatic heterocycles. The van der Waals surface area contributed by atoms with E-state index in [1.54, 1.807) is 18.2 Å². The van der Waals surface area contributed by atoms with Crippen molar-refractivity contribution in [3.8, 4) is 0 Å². The van der Waals surface area contributed by atoms with Crippen molar-refractivity contribution >= 4 is 16.9 Å². The van der Waals surface area contributed by atoms with E-state index in [1.165, 1.54) is 28.4 Å². The van der Waals surface area contributed by atoms with Crippen LogP contribution in [0.25, 0.3) is 11.0 Å². The molecule has 0 unspecified atom stereocenters. The molecule has 0 saturated carbocycles. The number of piperidine rings is 1. The summed E-state index contributed by atoms with van der Waals surface area (Å²) in [7, 11) is 0. The summed E-state index contributed by atoms with van der Waals surface area (Å²) in [5, 5.41) is 2.89. The summed E-state index contributed by atoms with van der Waals surface area (Å²) in [6.45, 7) is 6.73. The van der Waals surface area contributed by atoms with Gasteiger partial charge < -0.3 is 9.88 Å². The highest BCUT2D eigenvalue weighted by Crippen LogP contribution is 2.15. The van der Waals surface area contributed by atoms with Crippen LogP contribution in [0.15, 0.2) is 33.9 Å². The zero-order valence-corrected chi connectivity index (χ0v) is 16.1. The van der Waals surface area contributed by atoms with Crippen molar-refractivity contribution in [3.63, 3.8) is 0 Å². The van der Waals surface area contributed by atoms with Gasteiger partial charge in [-0.05, 0) is 45.4 Å². The van der Waals surface area contributed by atoms with Crippen LogP contribution in [0.3, 0.4) is 0 Å². The van der Waals surface area contributed by atoms with Crippen LogP contribution in [-0.2, 0) is 17.9 Å². The van der Waals surface area contributed by atoms with E-state index in [1.807, 2.05) is 13.0 Å². The molecule has 1 atom stereocenters. The lowest BCUT2D eigenvalue weighted by Crippen LogP contribution is -2.45. The molecule has 1 amide bonds. The van der Waals surface area contributed by atoms with Crippen LogP contribution < -0.4 is 16.4 Å². The maximum absolute atomic E-state index is 12.5. The summed E-state index contributed by atoms with van der Waals surface area (Å²) >= 11 is 0. The fourth-order valence-corrected chi connectivity index (χ4v) is 3.87. The Balaban J connectivity index is 1.73. The van der Waals surface area contributed by atoms with Crippen LogP contribution in [0.4, 0.5) is 0 Å². The molecule has 0 radical (unpaired) electrons. The molecule has 1 aromatic carbocycles. The number of aryl methyl sites for hydroxylation is 1. The van der Waals surface area contributed by atoms with E-state index in [9.17, 15) is 14.4 Å². The minimum Gasteiger partial charge on any atom is -0.353 e. The maximum atomic E-state index is 12.5. The second-order valence-electron chi connectivity index (χ2n) is 7.16. The summed E-state index contributed by atoms with van der Waals surface area (Å²) in [5.74, 6) is -0.249. The number of fused-ring (bicyclic) bond motifs is 1. The third-order valence-corrected chi connectivity index (χ3v) is 5.42. The van der Waals surface area contributed by atoms with Gasteiger partial charge in [-0.2, -0.15) is 0 Å². The molecule has 7 nitrogen and oxygen atoms in total. The van der Waals surface area contributed by atoms with Crippen LogP contribution in [0, 0.1) is 0 Å². The highest BCUT2D eigenvalue weighted by Gasteiger charge is 2.18. The van der Waals surface area contributed by atoms with E-state index < -0.39 is 11.1 Å². The summed E-state index contributed by atoms with van der Waals surface area (Å²) in [4.78, 5) is 39.6. The summed E-state index contributed by atoms with van der Waals surface area (Å²) < 4.78 is 2.73. The van der Waals surface area contributed by atoms with Gasteiger partial charge in [0.15, 0.2) is 0 Å². The van der Waals surface area contributed by atoms with Crippen molar-refractivity contribution in [2.45, 2.75) is 52.2 Å². The zero-order chi connectivity index (χ0) is 19.4. The van der Waals surface area contributed by atoms with Crippen molar-refractivity contribution in [2.75, 3.05) is 19.6 Å². The van der Waals surface area contributed by atoms with Gasteiger partial charge in [0.2, 0.25) is 5.91 Å². The fourth-order valence-electron chi connectivity index (χ4n) is 3.87. The number of nitrogens with one attached hydrogen (secondary N) is 1. The van der Waals surface area contributed by atoms with Crippen LogP contribution in [0.5, 0.6) is 0 Å². The molecule has 1 N–H and O–H groups in total. The van der Waals surface area contributed by atoms with E-state index in [0.29, 0.717) is 30.2 Å². The van der Waals surface area contributed by atoms with E-state index in [2.05, 4.69) is 17.1 Å². The molecule has 1 saturated heterocycles. The molecule has 1 fully saturated rings. The van der Waals surface area contributed by atoms with Gasteiger partial charge in [-0.1, -0.05) is 18.6 Å². The largest absolute Gasteiger partial charge is 0.353 e. The second-order valence-corrected chi connectivity index (χ2v) is 7.16. The first-order valence-corrected chi connectivity index (χ1v) is 9.76. The van der Waals surface area contributed by atoms with Gasteiger partial charge in [0, 0.05) is 25.7 Å². The Hall–Kier alpha value is -2.41. The number of hydrogen-bond donors (Lipinski definition) is 1.